The molecule has 3 aliphatic heterocycles. The van der Waals surface area contributed by atoms with Crippen LogP contribution in [0.5, 0.6) is 0 Å². The average Bonchev–Trinajstić information content (AvgIpc) is 3.16. The lowest BCUT2D eigenvalue weighted by molar-refractivity contribution is -0.172. The summed E-state index contributed by atoms with van der Waals surface area (Å²) in [5.41, 5.74) is 10.3. The molecule has 0 spiro atoms. The van der Waals surface area contributed by atoms with Gasteiger partial charge < -0.3 is 20.1 Å². The monoisotopic (exact) mass is 435 g/mol. The minimum atomic E-state index is -1.81. The molecule has 3 aliphatic rings. The molecule has 1 atom stereocenters. The lowest BCUT2D eigenvalue weighted by Gasteiger charge is -2.31. The predicted octanol–water partition coefficient (Wildman–Crippen LogP) is 2.19. The van der Waals surface area contributed by atoms with Gasteiger partial charge in [0.1, 0.15) is 6.61 Å². The number of aliphatic hydroxyl groups is 1. The van der Waals surface area contributed by atoms with Crippen LogP contribution in [0.4, 0.5) is 0 Å². The van der Waals surface area contributed by atoms with Gasteiger partial charge in [0.2, 0.25) is 0 Å². The maximum Gasteiger partial charge on any atom is 0.343 e. The normalized spacial score (nSPS) is 20.9. The van der Waals surface area contributed by atoms with Crippen molar-refractivity contribution in [3.05, 3.63) is 56.4 Å². The first-order chi connectivity index (χ1) is 15.0. The molecule has 2 aromatic heterocycles. The van der Waals surface area contributed by atoms with Gasteiger partial charge in [-0.3, -0.25) is 4.79 Å². The second-order valence-corrected chi connectivity index (χ2v) is 9.38. The van der Waals surface area contributed by atoms with Crippen molar-refractivity contribution in [2.24, 2.45) is 5.73 Å². The summed E-state index contributed by atoms with van der Waals surface area (Å²) in [7, 11) is 0. The molecule has 3 N–H and O–H groups in total. The van der Waals surface area contributed by atoms with Crippen molar-refractivity contribution in [1.29, 1.82) is 0 Å². The third-order valence-corrected chi connectivity index (χ3v) is 7.98. The van der Waals surface area contributed by atoms with Crippen LogP contribution >= 0.6 is 11.8 Å². The Morgan fingerprint density at radius 2 is 2.13 bits per heavy atom. The number of aromatic nitrogens is 2. The summed E-state index contributed by atoms with van der Waals surface area (Å²) in [5, 5.41) is 12.2. The summed E-state index contributed by atoms with van der Waals surface area (Å²) < 4.78 is 6.86. The Morgan fingerprint density at radius 1 is 1.29 bits per heavy atom. The van der Waals surface area contributed by atoms with Crippen molar-refractivity contribution in [2.45, 2.75) is 50.0 Å². The summed E-state index contributed by atoms with van der Waals surface area (Å²) in [6, 6.07) is 5.79. The zero-order valence-corrected chi connectivity index (χ0v) is 17.8. The minimum Gasteiger partial charge on any atom is -0.458 e. The van der Waals surface area contributed by atoms with Gasteiger partial charge >= 0.3 is 5.97 Å². The molecule has 0 radical (unpaired) electrons. The third kappa shape index (κ3) is 2.35. The smallest absolute Gasteiger partial charge is 0.343 e. The van der Waals surface area contributed by atoms with E-state index in [9.17, 15) is 14.7 Å². The second-order valence-electron chi connectivity index (χ2n) is 8.27. The largest absolute Gasteiger partial charge is 0.458 e. The molecule has 31 heavy (non-hydrogen) atoms. The van der Waals surface area contributed by atoms with Crippen LogP contribution < -0.4 is 11.3 Å². The van der Waals surface area contributed by atoms with Crippen LogP contribution in [0.15, 0.2) is 27.9 Å². The van der Waals surface area contributed by atoms with Crippen molar-refractivity contribution < 1.29 is 14.6 Å². The maximum atomic E-state index is 13.4. The second kappa shape index (κ2) is 6.41. The van der Waals surface area contributed by atoms with Crippen LogP contribution in [0.3, 0.4) is 0 Å². The molecule has 5 heterocycles. The van der Waals surface area contributed by atoms with Gasteiger partial charge in [0.25, 0.3) is 5.56 Å². The fraction of sp³-hybridized carbons (Fsp3) is 0.348. The fourth-order valence-corrected chi connectivity index (χ4v) is 6.35. The Morgan fingerprint density at radius 3 is 2.90 bits per heavy atom. The van der Waals surface area contributed by atoms with E-state index in [0.29, 0.717) is 29.9 Å². The summed E-state index contributed by atoms with van der Waals surface area (Å²) in [6.45, 7) is 2.50. The molecule has 158 valence electrons. The number of fused-ring (bicyclic) bond motifs is 5. The number of nitrogens with two attached hydrogens (primary N) is 1. The zero-order valence-electron chi connectivity index (χ0n) is 17.0. The topological polar surface area (TPSA) is 107 Å². The molecule has 0 fully saturated rings. The molecule has 6 rings (SSSR count). The van der Waals surface area contributed by atoms with Crippen LogP contribution in [0.2, 0.25) is 0 Å². The number of ether oxygens (including phenoxy) is 1. The molecule has 0 unspecified atom stereocenters. The molecule has 1 aromatic carbocycles. The Hall–Kier alpha value is -2.68. The van der Waals surface area contributed by atoms with E-state index in [-0.39, 0.29) is 18.6 Å². The number of rotatable bonds is 2. The van der Waals surface area contributed by atoms with Gasteiger partial charge in [-0.2, -0.15) is 0 Å². The highest BCUT2D eigenvalue weighted by Gasteiger charge is 2.45. The van der Waals surface area contributed by atoms with E-state index in [0.717, 1.165) is 39.9 Å². The van der Waals surface area contributed by atoms with E-state index in [4.69, 9.17) is 15.5 Å². The molecule has 0 saturated carbocycles. The number of carbonyl (C=O) groups excluding carboxylic acids is 1. The lowest BCUT2D eigenvalue weighted by Crippen LogP contribution is -2.44. The van der Waals surface area contributed by atoms with Crippen molar-refractivity contribution in [1.82, 2.24) is 9.55 Å². The number of carbonyl (C=O) groups is 1. The number of aryl methyl sites for hydroxylation is 1. The van der Waals surface area contributed by atoms with Crippen molar-refractivity contribution in [3.8, 4) is 11.4 Å². The summed E-state index contributed by atoms with van der Waals surface area (Å²) in [6.07, 6.45) is 1.03. The molecular weight excluding hydrogens is 414 g/mol. The number of cyclic esters (lactones) is 1. The van der Waals surface area contributed by atoms with Crippen molar-refractivity contribution >= 4 is 28.6 Å². The van der Waals surface area contributed by atoms with Crippen LogP contribution in [-0.2, 0) is 41.2 Å². The number of thioether (sulfide) groups is 1. The molecule has 8 heteroatoms. The first-order valence-corrected chi connectivity index (χ1v) is 11.4. The highest BCUT2D eigenvalue weighted by Crippen LogP contribution is 2.44. The standard InChI is InChI=1S/C23H21N3O4S/c1-2-23(29)15-7-17-19-13(9-26(17)21(27)14(15)10-30-22(23)28)12-5-6-31-20-11(8-24)3-4-16(25-19)18(12)20/h3-4,7,29H,2,5-6,8-10,24H2,1H3/t23-/m0/s1. The van der Waals surface area contributed by atoms with E-state index in [1.54, 1.807) is 17.6 Å². The van der Waals surface area contributed by atoms with E-state index in [1.165, 1.54) is 10.5 Å². The summed E-state index contributed by atoms with van der Waals surface area (Å²) in [4.78, 5) is 31.8. The highest BCUT2D eigenvalue weighted by atomic mass is 32.2. The first kappa shape index (κ1) is 19.0. The average molecular weight is 436 g/mol. The van der Waals surface area contributed by atoms with Crippen LogP contribution in [-0.4, -0.2) is 26.4 Å². The SMILES string of the molecule is CC[C@@]1(O)C(=O)OCc2c1cc1n(c2=O)Cc2c-1nc1ccc(CN)c3c1c2CCS3. The minimum absolute atomic E-state index is 0.116. The van der Waals surface area contributed by atoms with Gasteiger partial charge in [-0.05, 0) is 36.1 Å². The zero-order chi connectivity index (χ0) is 21.5. The Bertz CT molecular complexity index is 1380. The molecule has 3 aromatic rings. The highest BCUT2D eigenvalue weighted by molar-refractivity contribution is 7.99. The molecular formula is C23H21N3O4S. The third-order valence-electron chi connectivity index (χ3n) is 6.82. The van der Waals surface area contributed by atoms with Crippen molar-refractivity contribution in [2.75, 3.05) is 5.75 Å². The molecule has 0 saturated heterocycles. The number of esters is 1. The van der Waals surface area contributed by atoms with E-state index in [2.05, 4.69) is 0 Å². The van der Waals surface area contributed by atoms with Gasteiger partial charge in [0, 0.05) is 33.7 Å². The Labute approximate surface area is 182 Å². The Kier molecular flexibility index (Phi) is 3.94. The quantitative estimate of drug-likeness (QED) is 0.465. The molecule has 7 nitrogen and oxygen atoms in total. The van der Waals surface area contributed by atoms with Gasteiger partial charge in [-0.25, -0.2) is 9.78 Å². The number of nitrogens with zero attached hydrogens (tertiary/aromatic N) is 2. The summed E-state index contributed by atoms with van der Waals surface area (Å²) >= 11 is 1.81. The van der Waals surface area contributed by atoms with Gasteiger partial charge in [0.15, 0.2) is 5.60 Å². The van der Waals surface area contributed by atoms with E-state index < -0.39 is 11.6 Å². The number of benzene rings is 1. The lowest BCUT2D eigenvalue weighted by atomic mass is 9.86. The number of hydrogen-bond donors (Lipinski definition) is 2. The predicted molar refractivity (Wildman–Crippen MR) is 117 cm³/mol. The summed E-state index contributed by atoms with van der Waals surface area (Å²) in [5.74, 6) is 0.248. The van der Waals surface area contributed by atoms with Gasteiger partial charge in [0.05, 0.1) is 29.0 Å². The van der Waals surface area contributed by atoms with Gasteiger partial charge in [-0.1, -0.05) is 13.0 Å². The molecule has 0 amide bonds. The van der Waals surface area contributed by atoms with Crippen LogP contribution in [0.25, 0.3) is 22.3 Å². The fourth-order valence-electron chi connectivity index (χ4n) is 5.13. The Balaban J connectivity index is 1.66. The van der Waals surface area contributed by atoms with Gasteiger partial charge in [-0.15, -0.1) is 11.8 Å². The maximum absolute atomic E-state index is 13.4. The van der Waals surface area contributed by atoms with Crippen molar-refractivity contribution in [3.63, 3.8) is 0 Å². The van der Waals surface area contributed by atoms with E-state index in [1.807, 2.05) is 23.9 Å². The molecule has 0 bridgehead atoms. The number of hydrogen-bond acceptors (Lipinski definition) is 7. The van der Waals surface area contributed by atoms with E-state index >= 15 is 0 Å². The first-order valence-electron chi connectivity index (χ1n) is 10.4. The van der Waals surface area contributed by atoms with Crippen LogP contribution in [0, 0.1) is 0 Å². The number of pyridine rings is 2. The molecule has 0 aliphatic carbocycles. The van der Waals surface area contributed by atoms with Crippen LogP contribution in [0.1, 0.15) is 41.2 Å².